The number of esters is 1. The van der Waals surface area contributed by atoms with E-state index >= 15 is 0 Å². The number of ether oxygens (including phenoxy) is 1. The molecule has 96 valence electrons. The second-order valence-corrected chi connectivity index (χ2v) is 4.19. The molecule has 1 aliphatic heterocycles. The van der Waals surface area contributed by atoms with E-state index in [4.69, 9.17) is 16.2 Å². The molecule has 0 radical (unpaired) electrons. The van der Waals surface area contributed by atoms with E-state index in [1.54, 1.807) is 12.1 Å². The third-order valence-corrected chi connectivity index (χ3v) is 2.85. The summed E-state index contributed by atoms with van der Waals surface area (Å²) in [5.41, 5.74) is 11.4. The second kappa shape index (κ2) is 4.95. The van der Waals surface area contributed by atoms with Gasteiger partial charge in [0, 0.05) is 12.6 Å². The largest absolute Gasteiger partial charge is 0.508 e. The number of phenolic OH excluding ortho intramolecular Hbond substituents is 1. The highest BCUT2D eigenvalue weighted by Crippen LogP contribution is 2.38. The number of nitrogens with zero attached hydrogens (tertiary/aromatic N) is 1. The van der Waals surface area contributed by atoms with Crippen molar-refractivity contribution in [3.63, 3.8) is 0 Å². The molecule has 0 aromatic heterocycles. The third-order valence-electron chi connectivity index (χ3n) is 2.85. The maximum atomic E-state index is 11.5. The van der Waals surface area contributed by atoms with Crippen molar-refractivity contribution in [1.82, 2.24) is 0 Å². The molecule has 0 spiro atoms. The Morgan fingerprint density at radius 1 is 1.50 bits per heavy atom. The summed E-state index contributed by atoms with van der Waals surface area (Å²) in [7, 11) is 0. The molecule has 1 heterocycles. The van der Waals surface area contributed by atoms with Crippen molar-refractivity contribution in [1.29, 1.82) is 0 Å². The molecule has 0 saturated carbocycles. The molecule has 0 fully saturated rings. The van der Waals surface area contributed by atoms with Gasteiger partial charge in [-0.1, -0.05) is 6.07 Å². The van der Waals surface area contributed by atoms with Crippen LogP contribution in [0.5, 0.6) is 11.5 Å². The van der Waals surface area contributed by atoms with Gasteiger partial charge in [0.2, 0.25) is 0 Å². The van der Waals surface area contributed by atoms with Gasteiger partial charge in [0.25, 0.3) is 0 Å². The van der Waals surface area contributed by atoms with Crippen LogP contribution < -0.4 is 16.2 Å². The Bertz CT molecular complexity index is 495. The van der Waals surface area contributed by atoms with Crippen LogP contribution >= 0.6 is 0 Å². The number of carbonyl (C=O) groups excluding carboxylic acids is 1. The third kappa shape index (κ3) is 2.71. The van der Waals surface area contributed by atoms with Crippen molar-refractivity contribution in [3.05, 3.63) is 23.8 Å². The lowest BCUT2D eigenvalue weighted by Gasteiger charge is -2.23. The van der Waals surface area contributed by atoms with Crippen LogP contribution in [0, 0.1) is 0 Å². The molecule has 1 unspecified atom stereocenters. The molecule has 0 amide bonds. The number of aliphatic imine (C=N–C) groups is 1. The fourth-order valence-electron chi connectivity index (χ4n) is 2.03. The van der Waals surface area contributed by atoms with Crippen LogP contribution in [0.3, 0.4) is 0 Å². The first kappa shape index (κ1) is 12.2. The normalized spacial score (nSPS) is 17.8. The van der Waals surface area contributed by atoms with Gasteiger partial charge in [0.05, 0.1) is 6.42 Å². The van der Waals surface area contributed by atoms with E-state index in [9.17, 15) is 9.90 Å². The predicted molar refractivity (Wildman–Crippen MR) is 66.4 cm³/mol. The Morgan fingerprint density at radius 3 is 3.00 bits per heavy atom. The maximum Gasteiger partial charge on any atom is 0.311 e. The molecule has 1 aromatic rings. The van der Waals surface area contributed by atoms with Crippen molar-refractivity contribution < 1.29 is 14.6 Å². The second-order valence-electron chi connectivity index (χ2n) is 4.19. The zero-order chi connectivity index (χ0) is 13.1. The van der Waals surface area contributed by atoms with Crippen molar-refractivity contribution in [3.8, 4) is 11.5 Å². The molecule has 1 aromatic carbocycles. The first-order valence-corrected chi connectivity index (χ1v) is 5.65. The van der Waals surface area contributed by atoms with E-state index in [-0.39, 0.29) is 23.6 Å². The maximum absolute atomic E-state index is 11.5. The zero-order valence-corrected chi connectivity index (χ0v) is 9.80. The molecular weight excluding hydrogens is 234 g/mol. The Kier molecular flexibility index (Phi) is 3.36. The Balaban J connectivity index is 2.17. The highest BCUT2D eigenvalue weighted by atomic mass is 16.5. The minimum atomic E-state index is -0.303. The number of guanidine groups is 1. The number of carbonyl (C=O) groups is 1. The highest BCUT2D eigenvalue weighted by molar-refractivity contribution is 5.77. The van der Waals surface area contributed by atoms with Crippen molar-refractivity contribution in [2.24, 2.45) is 16.5 Å². The molecule has 1 aliphatic rings. The van der Waals surface area contributed by atoms with Crippen LogP contribution in [0.4, 0.5) is 0 Å². The minimum absolute atomic E-state index is 0.0185. The lowest BCUT2D eigenvalue weighted by atomic mass is 9.90. The van der Waals surface area contributed by atoms with Crippen LogP contribution in [-0.2, 0) is 4.79 Å². The lowest BCUT2D eigenvalue weighted by molar-refractivity contribution is -0.135. The summed E-state index contributed by atoms with van der Waals surface area (Å²) in [5.74, 6) is 0.249. The number of phenols is 1. The first-order valence-electron chi connectivity index (χ1n) is 5.65. The van der Waals surface area contributed by atoms with E-state index in [1.807, 2.05) is 0 Å². The number of benzene rings is 1. The van der Waals surface area contributed by atoms with Gasteiger partial charge in [-0.05, 0) is 24.0 Å². The smallest absolute Gasteiger partial charge is 0.311 e. The predicted octanol–water partition coefficient (Wildman–Crippen LogP) is 0.448. The molecular formula is C12H15N3O3. The monoisotopic (exact) mass is 249 g/mol. The van der Waals surface area contributed by atoms with E-state index < -0.39 is 0 Å². The quantitative estimate of drug-likeness (QED) is 0.312. The van der Waals surface area contributed by atoms with Gasteiger partial charge in [-0.2, -0.15) is 0 Å². The number of rotatable bonds is 3. The number of aromatic hydroxyl groups is 1. The standard InChI is InChI=1S/C12H15N3O3/c13-12(14)15-4-3-7-5-11(17)18-10-6-8(16)1-2-9(7)10/h1-2,6-7,16H,3-5H2,(H4,13,14,15). The number of hydrogen-bond acceptors (Lipinski definition) is 4. The SMILES string of the molecule is NC(N)=NCCC1CC(=O)Oc2cc(O)ccc21. The lowest BCUT2D eigenvalue weighted by Crippen LogP contribution is -2.24. The van der Waals surface area contributed by atoms with Crippen LogP contribution in [-0.4, -0.2) is 23.6 Å². The first-order chi connectivity index (χ1) is 8.56. The average Bonchev–Trinajstić information content (AvgIpc) is 2.27. The summed E-state index contributed by atoms with van der Waals surface area (Å²) in [6, 6.07) is 4.78. The van der Waals surface area contributed by atoms with Gasteiger partial charge >= 0.3 is 5.97 Å². The van der Waals surface area contributed by atoms with Gasteiger partial charge in [-0.15, -0.1) is 0 Å². The fourth-order valence-corrected chi connectivity index (χ4v) is 2.03. The molecule has 1 atom stereocenters. The van der Waals surface area contributed by atoms with Crippen molar-refractivity contribution >= 4 is 11.9 Å². The molecule has 6 heteroatoms. The van der Waals surface area contributed by atoms with Gasteiger partial charge < -0.3 is 21.3 Å². The summed E-state index contributed by atoms with van der Waals surface area (Å²) >= 11 is 0. The van der Waals surface area contributed by atoms with E-state index in [1.165, 1.54) is 6.07 Å². The topological polar surface area (TPSA) is 111 Å². The van der Waals surface area contributed by atoms with Crippen LogP contribution in [0.2, 0.25) is 0 Å². The van der Waals surface area contributed by atoms with Crippen molar-refractivity contribution in [2.75, 3.05) is 6.54 Å². The zero-order valence-electron chi connectivity index (χ0n) is 9.80. The van der Waals surface area contributed by atoms with Crippen LogP contribution in [0.1, 0.15) is 24.3 Å². The van der Waals surface area contributed by atoms with Gasteiger partial charge in [-0.25, -0.2) is 0 Å². The van der Waals surface area contributed by atoms with E-state index in [0.29, 0.717) is 25.1 Å². The van der Waals surface area contributed by atoms with E-state index in [0.717, 1.165) is 5.56 Å². The minimum Gasteiger partial charge on any atom is -0.508 e. The molecule has 18 heavy (non-hydrogen) atoms. The van der Waals surface area contributed by atoms with Gasteiger partial charge in [0.15, 0.2) is 5.96 Å². The summed E-state index contributed by atoms with van der Waals surface area (Å²) in [6.07, 6.45) is 0.961. The fraction of sp³-hybridized carbons (Fsp3) is 0.333. The Labute approximate surface area is 104 Å². The summed E-state index contributed by atoms with van der Waals surface area (Å²) in [5, 5.41) is 9.36. The molecule has 6 nitrogen and oxygen atoms in total. The molecule has 2 rings (SSSR count). The number of nitrogens with two attached hydrogens (primary N) is 2. The van der Waals surface area contributed by atoms with Gasteiger partial charge in [0.1, 0.15) is 11.5 Å². The highest BCUT2D eigenvalue weighted by Gasteiger charge is 2.26. The number of fused-ring (bicyclic) bond motifs is 1. The Morgan fingerprint density at radius 2 is 2.28 bits per heavy atom. The van der Waals surface area contributed by atoms with Crippen LogP contribution in [0.25, 0.3) is 0 Å². The Hall–Kier alpha value is -2.24. The molecule has 5 N–H and O–H groups in total. The average molecular weight is 249 g/mol. The summed E-state index contributed by atoms with van der Waals surface area (Å²) < 4.78 is 5.09. The summed E-state index contributed by atoms with van der Waals surface area (Å²) in [6.45, 7) is 0.459. The molecule has 0 aliphatic carbocycles. The van der Waals surface area contributed by atoms with E-state index in [2.05, 4.69) is 4.99 Å². The van der Waals surface area contributed by atoms with Crippen LogP contribution in [0.15, 0.2) is 23.2 Å². The summed E-state index contributed by atoms with van der Waals surface area (Å²) in [4.78, 5) is 15.4. The van der Waals surface area contributed by atoms with Crippen molar-refractivity contribution in [2.45, 2.75) is 18.8 Å². The molecule has 0 bridgehead atoms. The van der Waals surface area contributed by atoms with Gasteiger partial charge in [-0.3, -0.25) is 9.79 Å². The molecule has 0 saturated heterocycles. The number of hydrogen-bond donors (Lipinski definition) is 3.